The largest absolute Gasteiger partial charge is 0.328 e. The van der Waals surface area contributed by atoms with Gasteiger partial charge in [-0.05, 0) is 67.8 Å². The Bertz CT molecular complexity index is 1460. The topological polar surface area (TPSA) is 92.2 Å². The molecule has 0 spiro atoms. The Hall–Kier alpha value is -3.91. The van der Waals surface area contributed by atoms with Gasteiger partial charge in [-0.15, -0.1) is 0 Å². The van der Waals surface area contributed by atoms with E-state index in [1.165, 1.54) is 4.68 Å². The van der Waals surface area contributed by atoms with Crippen LogP contribution in [0.4, 0.5) is 11.4 Å². The molecular weight excluding hydrogens is 508 g/mol. The Balaban J connectivity index is 1.64. The van der Waals surface area contributed by atoms with E-state index in [2.05, 4.69) is 32.0 Å². The molecule has 0 unspecified atom stereocenters. The van der Waals surface area contributed by atoms with Crippen molar-refractivity contribution in [2.75, 3.05) is 16.1 Å². The van der Waals surface area contributed by atoms with E-state index in [4.69, 9.17) is 0 Å². The maximum absolute atomic E-state index is 13.3. The SMILES string of the molecule is CCc1ccccc1NC(=O)C(=O)Nn1c(C(=O)Nc2ccc(C)cc2C)cc2cc(Br)ccc21. The zero-order valence-corrected chi connectivity index (χ0v) is 21.2. The number of hydrogen-bond donors (Lipinski definition) is 3. The van der Waals surface area contributed by atoms with E-state index in [9.17, 15) is 14.4 Å². The number of nitrogens with one attached hydrogen (secondary N) is 3. The molecule has 3 N–H and O–H groups in total. The molecule has 1 aromatic heterocycles. The molecular formula is C27H25BrN4O3. The van der Waals surface area contributed by atoms with E-state index in [-0.39, 0.29) is 5.69 Å². The number of hydrogen-bond acceptors (Lipinski definition) is 3. The lowest BCUT2D eigenvalue weighted by Gasteiger charge is -2.14. The van der Waals surface area contributed by atoms with E-state index in [1.54, 1.807) is 30.3 Å². The van der Waals surface area contributed by atoms with Crippen molar-refractivity contribution in [3.8, 4) is 0 Å². The molecule has 0 saturated carbocycles. The third kappa shape index (κ3) is 5.27. The van der Waals surface area contributed by atoms with Crippen LogP contribution >= 0.6 is 15.9 Å². The fraction of sp³-hybridized carbons (Fsp3) is 0.148. The first-order valence-corrected chi connectivity index (χ1v) is 12.0. The molecule has 0 aliphatic heterocycles. The molecule has 7 nitrogen and oxygen atoms in total. The van der Waals surface area contributed by atoms with Crippen molar-refractivity contribution in [2.45, 2.75) is 27.2 Å². The molecule has 1 heterocycles. The lowest BCUT2D eigenvalue weighted by molar-refractivity contribution is -0.133. The second kappa shape index (κ2) is 10.1. The zero-order chi connectivity index (χ0) is 25.1. The minimum atomic E-state index is -0.892. The van der Waals surface area contributed by atoms with Crippen LogP contribution in [-0.4, -0.2) is 22.4 Å². The van der Waals surface area contributed by atoms with E-state index in [1.807, 2.05) is 57.2 Å². The standard InChI is InChI=1S/C27H25BrN4O3/c1-4-18-7-5-6-8-22(18)30-26(34)27(35)31-32-23-12-10-20(28)14-19(23)15-24(32)25(33)29-21-11-9-16(2)13-17(21)3/h5-15H,4H2,1-3H3,(H,29,33)(H,30,34)(H,31,35). The summed E-state index contributed by atoms with van der Waals surface area (Å²) in [6.07, 6.45) is 0.706. The Morgan fingerprint density at radius 1 is 0.857 bits per heavy atom. The van der Waals surface area contributed by atoms with Crippen molar-refractivity contribution in [3.63, 3.8) is 0 Å². The zero-order valence-electron chi connectivity index (χ0n) is 19.6. The summed E-state index contributed by atoms with van der Waals surface area (Å²) in [5.41, 5.74) is 7.51. The molecule has 4 aromatic rings. The number of amides is 3. The van der Waals surface area contributed by atoms with Crippen LogP contribution in [0.3, 0.4) is 0 Å². The number of nitrogens with zero attached hydrogens (tertiary/aromatic N) is 1. The normalized spacial score (nSPS) is 10.7. The lowest BCUT2D eigenvalue weighted by atomic mass is 10.1. The number of anilines is 2. The number of carbonyl (C=O) groups excluding carboxylic acids is 3. The molecule has 0 fully saturated rings. The number of rotatable bonds is 5. The van der Waals surface area contributed by atoms with Crippen molar-refractivity contribution in [1.82, 2.24) is 4.68 Å². The van der Waals surface area contributed by atoms with Gasteiger partial charge in [0.25, 0.3) is 5.91 Å². The third-order valence-corrected chi connectivity index (χ3v) is 6.19. The Labute approximate surface area is 211 Å². The van der Waals surface area contributed by atoms with Gasteiger partial charge in [0.2, 0.25) is 0 Å². The molecule has 0 aliphatic carbocycles. The summed E-state index contributed by atoms with van der Waals surface area (Å²) in [5.74, 6) is -2.14. The van der Waals surface area contributed by atoms with E-state index >= 15 is 0 Å². The summed E-state index contributed by atoms with van der Waals surface area (Å²) >= 11 is 3.44. The summed E-state index contributed by atoms with van der Waals surface area (Å²) in [5, 5.41) is 6.29. The fourth-order valence-electron chi connectivity index (χ4n) is 3.90. The fourth-order valence-corrected chi connectivity index (χ4v) is 4.27. The van der Waals surface area contributed by atoms with Crippen molar-refractivity contribution in [3.05, 3.63) is 93.6 Å². The minimum absolute atomic E-state index is 0.188. The molecule has 0 atom stereocenters. The smallest absolute Gasteiger partial charge is 0.320 e. The molecule has 4 rings (SSSR count). The highest BCUT2D eigenvalue weighted by Crippen LogP contribution is 2.25. The highest BCUT2D eigenvalue weighted by atomic mass is 79.9. The van der Waals surface area contributed by atoms with Crippen LogP contribution in [0.2, 0.25) is 0 Å². The number of fused-ring (bicyclic) bond motifs is 1. The number of aromatic nitrogens is 1. The maximum Gasteiger partial charge on any atom is 0.328 e. The third-order valence-electron chi connectivity index (χ3n) is 5.69. The minimum Gasteiger partial charge on any atom is -0.320 e. The van der Waals surface area contributed by atoms with Crippen LogP contribution in [0.1, 0.15) is 34.1 Å². The van der Waals surface area contributed by atoms with Crippen molar-refractivity contribution in [1.29, 1.82) is 0 Å². The van der Waals surface area contributed by atoms with Crippen LogP contribution in [0.25, 0.3) is 10.9 Å². The quantitative estimate of drug-likeness (QED) is 0.294. The summed E-state index contributed by atoms with van der Waals surface area (Å²) < 4.78 is 2.16. The highest BCUT2D eigenvalue weighted by Gasteiger charge is 2.22. The van der Waals surface area contributed by atoms with Crippen LogP contribution in [-0.2, 0) is 16.0 Å². The van der Waals surface area contributed by atoms with Gasteiger partial charge in [0.05, 0.1) is 5.52 Å². The van der Waals surface area contributed by atoms with Gasteiger partial charge >= 0.3 is 11.8 Å². The Morgan fingerprint density at radius 2 is 1.63 bits per heavy atom. The molecule has 0 radical (unpaired) electrons. The van der Waals surface area contributed by atoms with Gasteiger partial charge in [-0.2, -0.15) is 0 Å². The summed E-state index contributed by atoms with van der Waals surface area (Å²) in [7, 11) is 0. The number of halogens is 1. The average molecular weight is 533 g/mol. The second-order valence-electron chi connectivity index (χ2n) is 8.25. The number of carbonyl (C=O) groups is 3. The van der Waals surface area contributed by atoms with Gasteiger partial charge in [0.15, 0.2) is 0 Å². The van der Waals surface area contributed by atoms with E-state index < -0.39 is 17.7 Å². The number of para-hydroxylation sites is 1. The van der Waals surface area contributed by atoms with Crippen LogP contribution in [0.15, 0.2) is 71.2 Å². The van der Waals surface area contributed by atoms with Crippen LogP contribution < -0.4 is 16.1 Å². The second-order valence-corrected chi connectivity index (χ2v) is 9.16. The first-order chi connectivity index (χ1) is 16.8. The summed E-state index contributed by atoms with van der Waals surface area (Å²) in [6, 6.07) is 20.1. The number of benzene rings is 3. The van der Waals surface area contributed by atoms with Gasteiger partial charge < -0.3 is 10.6 Å². The molecule has 3 amide bonds. The predicted octanol–water partition coefficient (Wildman–Crippen LogP) is 5.54. The van der Waals surface area contributed by atoms with Gasteiger partial charge in [0, 0.05) is 21.2 Å². The molecule has 0 bridgehead atoms. The lowest BCUT2D eigenvalue weighted by Crippen LogP contribution is -2.36. The van der Waals surface area contributed by atoms with Gasteiger partial charge in [-0.3, -0.25) is 19.8 Å². The first-order valence-electron chi connectivity index (χ1n) is 11.2. The average Bonchev–Trinajstić information content (AvgIpc) is 3.18. The summed E-state index contributed by atoms with van der Waals surface area (Å²) in [6.45, 7) is 5.86. The van der Waals surface area contributed by atoms with Crippen molar-refractivity contribution >= 4 is 55.9 Å². The molecule has 0 aliphatic rings. The molecule has 8 heteroatoms. The molecule has 3 aromatic carbocycles. The monoisotopic (exact) mass is 532 g/mol. The molecule has 178 valence electrons. The maximum atomic E-state index is 13.3. The highest BCUT2D eigenvalue weighted by molar-refractivity contribution is 9.10. The Kier molecular flexibility index (Phi) is 7.02. The van der Waals surface area contributed by atoms with E-state index in [0.717, 1.165) is 26.5 Å². The summed E-state index contributed by atoms with van der Waals surface area (Å²) in [4.78, 5) is 38.8. The van der Waals surface area contributed by atoms with Gasteiger partial charge in [-0.25, -0.2) is 4.68 Å². The van der Waals surface area contributed by atoms with Crippen LogP contribution in [0.5, 0.6) is 0 Å². The van der Waals surface area contributed by atoms with Crippen molar-refractivity contribution < 1.29 is 14.4 Å². The van der Waals surface area contributed by atoms with Gasteiger partial charge in [0.1, 0.15) is 5.69 Å². The number of aryl methyl sites for hydroxylation is 3. The molecule has 35 heavy (non-hydrogen) atoms. The van der Waals surface area contributed by atoms with Crippen molar-refractivity contribution in [2.24, 2.45) is 0 Å². The van der Waals surface area contributed by atoms with E-state index in [0.29, 0.717) is 23.3 Å². The van der Waals surface area contributed by atoms with Gasteiger partial charge in [-0.1, -0.05) is 58.7 Å². The first kappa shape index (κ1) is 24.2. The Morgan fingerprint density at radius 3 is 2.37 bits per heavy atom. The predicted molar refractivity (Wildman–Crippen MR) is 142 cm³/mol. The molecule has 0 saturated heterocycles. The van der Waals surface area contributed by atoms with Crippen LogP contribution in [0, 0.1) is 13.8 Å².